The maximum atomic E-state index is 6.00. The molecule has 0 saturated carbocycles. The van der Waals surface area contributed by atoms with E-state index in [-0.39, 0.29) is 6.10 Å². The van der Waals surface area contributed by atoms with E-state index in [1.165, 1.54) is 11.1 Å². The van der Waals surface area contributed by atoms with Crippen LogP contribution in [0.5, 0.6) is 5.75 Å². The average molecular weight is 225 g/mol. The van der Waals surface area contributed by atoms with Crippen LogP contribution in [0.2, 0.25) is 0 Å². The molecule has 0 aliphatic carbocycles. The van der Waals surface area contributed by atoms with Crippen molar-refractivity contribution in [3.8, 4) is 5.75 Å². The zero-order valence-corrected chi connectivity index (χ0v) is 10.0. The molecule has 0 fully saturated rings. The highest BCUT2D eigenvalue weighted by Crippen LogP contribution is 2.38. The number of fused-ring (bicyclic) bond motifs is 2. The minimum absolute atomic E-state index is 0.0711. The van der Waals surface area contributed by atoms with Crippen molar-refractivity contribution in [2.24, 2.45) is 0 Å². The second kappa shape index (κ2) is 3.81. The zero-order chi connectivity index (χ0) is 11.8. The van der Waals surface area contributed by atoms with Crippen LogP contribution in [-0.4, -0.2) is 0 Å². The molecule has 2 aromatic carbocycles. The number of benzene rings is 2. The van der Waals surface area contributed by atoms with Gasteiger partial charge >= 0.3 is 0 Å². The van der Waals surface area contributed by atoms with Crippen LogP contribution in [-0.2, 0) is 0 Å². The molecule has 1 N–H and O–H groups in total. The Morgan fingerprint density at radius 2 is 1.88 bits per heavy atom. The Hall–Kier alpha value is -1.96. The normalized spacial score (nSPS) is 17.2. The summed E-state index contributed by atoms with van der Waals surface area (Å²) < 4.78 is 6.00. The van der Waals surface area contributed by atoms with Gasteiger partial charge in [-0.2, -0.15) is 0 Å². The second-order valence-corrected chi connectivity index (χ2v) is 4.47. The molecule has 2 aromatic rings. The molecule has 1 aliphatic rings. The van der Waals surface area contributed by atoms with Crippen LogP contribution in [0.4, 0.5) is 11.4 Å². The van der Waals surface area contributed by atoms with Gasteiger partial charge in [0.25, 0.3) is 0 Å². The van der Waals surface area contributed by atoms with Gasteiger partial charge in [-0.3, -0.25) is 0 Å². The molecule has 0 aromatic heterocycles. The number of rotatable bonds is 0. The summed E-state index contributed by atoms with van der Waals surface area (Å²) in [6.07, 6.45) is 0.0711. The Balaban J connectivity index is 2.13. The van der Waals surface area contributed by atoms with Gasteiger partial charge in [0.1, 0.15) is 11.9 Å². The van der Waals surface area contributed by atoms with E-state index in [2.05, 4.69) is 49.5 Å². The SMILES string of the molecule is Cc1ccc2c(c1)OC(C)c1ccccc1N2. The Morgan fingerprint density at radius 3 is 2.76 bits per heavy atom. The number of para-hydroxylation sites is 1. The van der Waals surface area contributed by atoms with Crippen LogP contribution in [0, 0.1) is 6.92 Å². The first-order valence-corrected chi connectivity index (χ1v) is 5.87. The van der Waals surface area contributed by atoms with Crippen molar-refractivity contribution in [1.82, 2.24) is 0 Å². The average Bonchev–Trinajstić information content (AvgIpc) is 2.46. The Kier molecular flexibility index (Phi) is 2.29. The minimum Gasteiger partial charge on any atom is -0.484 e. The van der Waals surface area contributed by atoms with Gasteiger partial charge in [-0.05, 0) is 37.6 Å². The van der Waals surface area contributed by atoms with Crippen LogP contribution >= 0.6 is 0 Å². The molecule has 2 nitrogen and oxygen atoms in total. The van der Waals surface area contributed by atoms with Crippen molar-refractivity contribution in [2.75, 3.05) is 5.32 Å². The van der Waals surface area contributed by atoms with Crippen molar-refractivity contribution in [1.29, 1.82) is 0 Å². The number of aryl methyl sites for hydroxylation is 1. The summed E-state index contributed by atoms with van der Waals surface area (Å²) in [5.74, 6) is 0.925. The van der Waals surface area contributed by atoms with Crippen molar-refractivity contribution in [2.45, 2.75) is 20.0 Å². The van der Waals surface area contributed by atoms with Crippen LogP contribution in [0.15, 0.2) is 42.5 Å². The molecule has 0 amide bonds. The fraction of sp³-hybridized carbons (Fsp3) is 0.200. The molecule has 1 aliphatic heterocycles. The second-order valence-electron chi connectivity index (χ2n) is 4.47. The van der Waals surface area contributed by atoms with E-state index in [1.807, 2.05) is 12.1 Å². The summed E-state index contributed by atoms with van der Waals surface area (Å²) in [7, 11) is 0. The molecule has 2 heteroatoms. The fourth-order valence-corrected chi connectivity index (χ4v) is 2.19. The lowest BCUT2D eigenvalue weighted by Gasteiger charge is -2.13. The molecular weight excluding hydrogens is 210 g/mol. The van der Waals surface area contributed by atoms with Gasteiger partial charge < -0.3 is 10.1 Å². The van der Waals surface area contributed by atoms with Crippen molar-refractivity contribution >= 4 is 11.4 Å². The molecule has 1 unspecified atom stereocenters. The number of hydrogen-bond donors (Lipinski definition) is 1. The van der Waals surface area contributed by atoms with Crippen molar-refractivity contribution in [3.05, 3.63) is 53.6 Å². The van der Waals surface area contributed by atoms with Crippen LogP contribution < -0.4 is 10.1 Å². The summed E-state index contributed by atoms with van der Waals surface area (Å²) in [5.41, 5.74) is 4.57. The predicted octanol–water partition coefficient (Wildman–Crippen LogP) is 4.19. The largest absolute Gasteiger partial charge is 0.484 e. The number of ether oxygens (including phenoxy) is 1. The smallest absolute Gasteiger partial charge is 0.143 e. The minimum atomic E-state index is 0.0711. The number of anilines is 2. The molecule has 17 heavy (non-hydrogen) atoms. The highest BCUT2D eigenvalue weighted by atomic mass is 16.5. The van der Waals surface area contributed by atoms with Crippen molar-refractivity contribution < 1.29 is 4.74 Å². The van der Waals surface area contributed by atoms with E-state index < -0.39 is 0 Å². The third-order valence-corrected chi connectivity index (χ3v) is 3.11. The summed E-state index contributed by atoms with van der Waals surface area (Å²) >= 11 is 0. The first-order chi connectivity index (χ1) is 8.24. The lowest BCUT2D eigenvalue weighted by Crippen LogP contribution is -2.01. The van der Waals surface area contributed by atoms with Gasteiger partial charge in [0.05, 0.1) is 5.69 Å². The van der Waals surface area contributed by atoms with E-state index >= 15 is 0 Å². The third-order valence-electron chi connectivity index (χ3n) is 3.11. The molecule has 0 saturated heterocycles. The highest BCUT2D eigenvalue weighted by Gasteiger charge is 2.18. The Labute approximate surface area is 101 Å². The Morgan fingerprint density at radius 1 is 1.06 bits per heavy atom. The van der Waals surface area contributed by atoms with E-state index in [1.54, 1.807) is 0 Å². The lowest BCUT2D eigenvalue weighted by molar-refractivity contribution is 0.231. The standard InChI is InChI=1S/C15H15NO/c1-10-7-8-14-15(9-10)17-11(2)12-5-3-4-6-13(12)16-14/h3-9,11,16H,1-2H3. The molecule has 3 rings (SSSR count). The Bertz CT molecular complexity index is 563. The predicted molar refractivity (Wildman–Crippen MR) is 69.9 cm³/mol. The maximum absolute atomic E-state index is 6.00. The molecule has 1 atom stereocenters. The van der Waals surface area contributed by atoms with E-state index in [0.717, 1.165) is 17.1 Å². The first kappa shape index (κ1) is 10.2. The van der Waals surface area contributed by atoms with Gasteiger partial charge in [0.15, 0.2) is 0 Å². The van der Waals surface area contributed by atoms with Gasteiger partial charge in [-0.1, -0.05) is 24.3 Å². The van der Waals surface area contributed by atoms with Crippen LogP contribution in [0.25, 0.3) is 0 Å². The zero-order valence-electron chi connectivity index (χ0n) is 10.0. The fourth-order valence-electron chi connectivity index (χ4n) is 2.19. The van der Waals surface area contributed by atoms with E-state index in [9.17, 15) is 0 Å². The summed E-state index contributed by atoms with van der Waals surface area (Å²) in [6.45, 7) is 4.16. The maximum Gasteiger partial charge on any atom is 0.143 e. The quantitative estimate of drug-likeness (QED) is 0.725. The summed E-state index contributed by atoms with van der Waals surface area (Å²) in [6, 6.07) is 14.5. The number of nitrogens with one attached hydrogen (secondary N) is 1. The highest BCUT2D eigenvalue weighted by molar-refractivity contribution is 5.71. The van der Waals surface area contributed by atoms with Crippen LogP contribution in [0.1, 0.15) is 24.2 Å². The van der Waals surface area contributed by atoms with Gasteiger partial charge in [-0.15, -0.1) is 0 Å². The monoisotopic (exact) mass is 225 g/mol. The molecule has 0 spiro atoms. The van der Waals surface area contributed by atoms with Gasteiger partial charge in [0, 0.05) is 11.3 Å². The van der Waals surface area contributed by atoms with Gasteiger partial charge in [0.2, 0.25) is 0 Å². The van der Waals surface area contributed by atoms with E-state index in [0.29, 0.717) is 0 Å². The topological polar surface area (TPSA) is 21.3 Å². The van der Waals surface area contributed by atoms with Crippen LogP contribution in [0.3, 0.4) is 0 Å². The molecular formula is C15H15NO. The summed E-state index contributed by atoms with van der Waals surface area (Å²) in [4.78, 5) is 0. The van der Waals surface area contributed by atoms with Crippen molar-refractivity contribution in [3.63, 3.8) is 0 Å². The third kappa shape index (κ3) is 1.76. The molecule has 0 bridgehead atoms. The summed E-state index contributed by atoms with van der Waals surface area (Å²) in [5, 5.41) is 3.44. The van der Waals surface area contributed by atoms with Gasteiger partial charge in [-0.25, -0.2) is 0 Å². The first-order valence-electron chi connectivity index (χ1n) is 5.87. The molecule has 0 radical (unpaired) electrons. The number of hydrogen-bond acceptors (Lipinski definition) is 2. The molecule has 86 valence electrons. The van der Waals surface area contributed by atoms with E-state index in [4.69, 9.17) is 4.74 Å². The molecule has 1 heterocycles. The lowest BCUT2D eigenvalue weighted by atomic mass is 10.1.